The number of hydrogen-bond donors (Lipinski definition) is 0. The Balaban J connectivity index is 2.10. The monoisotopic (exact) mass is 299 g/mol. The van der Waals surface area contributed by atoms with Gasteiger partial charge in [-0.3, -0.25) is 0 Å². The molecule has 1 saturated heterocycles. The lowest BCUT2D eigenvalue weighted by Crippen LogP contribution is -2.43. The van der Waals surface area contributed by atoms with Crippen LogP contribution in [0.25, 0.3) is 0 Å². The van der Waals surface area contributed by atoms with Crippen molar-refractivity contribution in [2.24, 2.45) is 0 Å². The highest BCUT2D eigenvalue weighted by molar-refractivity contribution is 7.89. The van der Waals surface area contributed by atoms with E-state index in [1.165, 1.54) is 4.31 Å². The molecule has 0 bridgehead atoms. The fourth-order valence-corrected chi connectivity index (χ4v) is 3.77. The van der Waals surface area contributed by atoms with Crippen molar-refractivity contribution in [1.82, 2.24) is 4.31 Å². The zero-order valence-electron chi connectivity index (χ0n) is 11.9. The Morgan fingerprint density at radius 1 is 1.35 bits per heavy atom. The average molecular weight is 299 g/mol. The topological polar surface area (TPSA) is 55.8 Å². The van der Waals surface area contributed by atoms with Crippen LogP contribution >= 0.6 is 0 Å². The van der Waals surface area contributed by atoms with Crippen molar-refractivity contribution < 1.29 is 17.9 Å². The van der Waals surface area contributed by atoms with Gasteiger partial charge in [0.2, 0.25) is 10.0 Å². The second-order valence-electron chi connectivity index (χ2n) is 4.81. The summed E-state index contributed by atoms with van der Waals surface area (Å²) in [4.78, 5) is 0. The molecule has 0 amide bonds. The lowest BCUT2D eigenvalue weighted by molar-refractivity contribution is -0.00255. The first kappa shape index (κ1) is 15.3. The van der Waals surface area contributed by atoms with Crippen molar-refractivity contribution in [2.75, 3.05) is 32.6 Å². The number of morpholine rings is 1. The predicted octanol–water partition coefficient (Wildman–Crippen LogP) is 1.81. The highest BCUT2D eigenvalue weighted by atomic mass is 32.2. The van der Waals surface area contributed by atoms with Gasteiger partial charge in [-0.15, -0.1) is 0 Å². The van der Waals surface area contributed by atoms with Crippen molar-refractivity contribution >= 4 is 10.0 Å². The maximum absolute atomic E-state index is 12.1. The van der Waals surface area contributed by atoms with Crippen molar-refractivity contribution in [1.29, 1.82) is 0 Å². The third-order valence-corrected chi connectivity index (χ3v) is 5.41. The van der Waals surface area contributed by atoms with Gasteiger partial charge in [0.25, 0.3) is 0 Å². The maximum Gasteiger partial charge on any atom is 0.214 e. The lowest BCUT2D eigenvalue weighted by Gasteiger charge is -2.32. The van der Waals surface area contributed by atoms with Crippen LogP contribution < -0.4 is 4.74 Å². The van der Waals surface area contributed by atoms with E-state index in [0.717, 1.165) is 11.3 Å². The summed E-state index contributed by atoms with van der Waals surface area (Å²) in [6.45, 7) is 3.13. The van der Waals surface area contributed by atoms with Gasteiger partial charge in [-0.2, -0.15) is 4.31 Å². The van der Waals surface area contributed by atoms with Gasteiger partial charge in [0.1, 0.15) is 5.75 Å². The fraction of sp³-hybridized carbons (Fsp3) is 0.571. The lowest BCUT2D eigenvalue weighted by atomic mass is 10.1. The van der Waals surface area contributed by atoms with Gasteiger partial charge in [-0.1, -0.05) is 19.1 Å². The van der Waals surface area contributed by atoms with E-state index < -0.39 is 10.0 Å². The number of benzene rings is 1. The minimum atomic E-state index is -3.16. The van der Waals surface area contributed by atoms with Crippen LogP contribution in [-0.2, 0) is 14.8 Å². The van der Waals surface area contributed by atoms with E-state index in [9.17, 15) is 8.42 Å². The van der Waals surface area contributed by atoms with Crippen LogP contribution in [0, 0.1) is 0 Å². The second-order valence-corrected chi connectivity index (χ2v) is 6.90. The van der Waals surface area contributed by atoms with E-state index in [4.69, 9.17) is 9.47 Å². The largest absolute Gasteiger partial charge is 0.497 e. The van der Waals surface area contributed by atoms with Crippen LogP contribution in [0.1, 0.15) is 25.0 Å². The van der Waals surface area contributed by atoms with E-state index in [1.807, 2.05) is 31.2 Å². The van der Waals surface area contributed by atoms with Gasteiger partial charge >= 0.3 is 0 Å². The number of hydrogen-bond acceptors (Lipinski definition) is 4. The quantitative estimate of drug-likeness (QED) is 0.832. The fourth-order valence-electron chi connectivity index (χ4n) is 2.29. The van der Waals surface area contributed by atoms with Gasteiger partial charge in [-0.05, 0) is 24.1 Å². The van der Waals surface area contributed by atoms with Gasteiger partial charge < -0.3 is 9.47 Å². The molecule has 0 radical (unpaired) electrons. The molecule has 112 valence electrons. The highest BCUT2D eigenvalue weighted by Crippen LogP contribution is 2.25. The highest BCUT2D eigenvalue weighted by Gasteiger charge is 2.29. The smallest absolute Gasteiger partial charge is 0.214 e. The van der Waals surface area contributed by atoms with Crippen molar-refractivity contribution in [3.63, 3.8) is 0 Å². The molecular formula is C14H21NO4S. The number of nitrogens with zero attached hydrogens (tertiary/aromatic N) is 1. The molecule has 1 aliphatic heterocycles. The van der Waals surface area contributed by atoms with E-state index in [-0.39, 0.29) is 11.9 Å². The van der Waals surface area contributed by atoms with Gasteiger partial charge in [0.15, 0.2) is 0 Å². The average Bonchev–Trinajstić information content (AvgIpc) is 2.47. The predicted molar refractivity (Wildman–Crippen MR) is 77.3 cm³/mol. The van der Waals surface area contributed by atoms with Crippen LogP contribution in [0.4, 0.5) is 0 Å². The first-order valence-corrected chi connectivity index (χ1v) is 8.41. The molecule has 0 N–H and O–H groups in total. The SMILES string of the molecule is CCCS(=O)(=O)N1CCOC(c2ccc(OC)cc2)C1. The second kappa shape index (κ2) is 6.56. The minimum absolute atomic E-state index is 0.197. The van der Waals surface area contributed by atoms with Gasteiger partial charge in [-0.25, -0.2) is 8.42 Å². The van der Waals surface area contributed by atoms with Gasteiger partial charge in [0.05, 0.1) is 25.6 Å². The van der Waals surface area contributed by atoms with Crippen molar-refractivity contribution in [3.05, 3.63) is 29.8 Å². The van der Waals surface area contributed by atoms with E-state index >= 15 is 0 Å². The summed E-state index contributed by atoms with van der Waals surface area (Å²) in [5, 5.41) is 0. The molecule has 0 spiro atoms. The third kappa shape index (κ3) is 3.50. The third-order valence-electron chi connectivity index (χ3n) is 3.37. The van der Waals surface area contributed by atoms with Crippen LogP contribution in [-0.4, -0.2) is 45.3 Å². The molecule has 6 heteroatoms. The van der Waals surface area contributed by atoms with E-state index in [1.54, 1.807) is 7.11 Å². The number of sulfonamides is 1. The van der Waals surface area contributed by atoms with Crippen LogP contribution in [0.2, 0.25) is 0 Å². The molecular weight excluding hydrogens is 278 g/mol. The summed E-state index contributed by atoms with van der Waals surface area (Å²) in [7, 11) is -1.54. The Morgan fingerprint density at radius 3 is 2.65 bits per heavy atom. The summed E-state index contributed by atoms with van der Waals surface area (Å²) in [6, 6.07) is 7.55. The first-order chi connectivity index (χ1) is 9.56. The summed E-state index contributed by atoms with van der Waals surface area (Å²) in [5.74, 6) is 0.975. The number of methoxy groups -OCH3 is 1. The molecule has 5 nitrogen and oxygen atoms in total. The molecule has 2 rings (SSSR count). The Morgan fingerprint density at radius 2 is 2.05 bits per heavy atom. The molecule has 1 aliphatic rings. The molecule has 0 aliphatic carbocycles. The number of ether oxygens (including phenoxy) is 2. The Labute approximate surface area is 120 Å². The Kier molecular flexibility index (Phi) is 5.01. The summed E-state index contributed by atoms with van der Waals surface area (Å²) in [6.07, 6.45) is 0.425. The van der Waals surface area contributed by atoms with Crippen LogP contribution in [0.3, 0.4) is 0 Å². The molecule has 20 heavy (non-hydrogen) atoms. The van der Waals surface area contributed by atoms with Crippen LogP contribution in [0.15, 0.2) is 24.3 Å². The standard InChI is InChI=1S/C14H21NO4S/c1-3-10-20(16,17)15-8-9-19-14(11-15)12-4-6-13(18-2)7-5-12/h4-7,14H,3,8-11H2,1-2H3. The van der Waals surface area contributed by atoms with E-state index in [0.29, 0.717) is 26.1 Å². The molecule has 1 aromatic rings. The Hall–Kier alpha value is -1.11. The van der Waals surface area contributed by atoms with E-state index in [2.05, 4.69) is 0 Å². The summed E-state index contributed by atoms with van der Waals surface area (Å²) < 4.78 is 36.6. The molecule has 1 aromatic carbocycles. The zero-order valence-corrected chi connectivity index (χ0v) is 12.7. The molecule has 1 atom stereocenters. The Bertz CT molecular complexity index is 527. The van der Waals surface area contributed by atoms with Crippen molar-refractivity contribution in [3.8, 4) is 5.75 Å². The number of rotatable bonds is 5. The van der Waals surface area contributed by atoms with Gasteiger partial charge in [0, 0.05) is 13.1 Å². The molecule has 1 fully saturated rings. The normalized spacial score (nSPS) is 20.8. The zero-order chi connectivity index (χ0) is 14.6. The van der Waals surface area contributed by atoms with Crippen molar-refractivity contribution in [2.45, 2.75) is 19.4 Å². The molecule has 0 aromatic heterocycles. The summed E-state index contributed by atoms with van der Waals surface area (Å²) >= 11 is 0. The molecule has 1 heterocycles. The van der Waals surface area contributed by atoms with Crippen LogP contribution in [0.5, 0.6) is 5.75 Å². The minimum Gasteiger partial charge on any atom is -0.497 e. The molecule has 1 unspecified atom stereocenters. The molecule has 0 saturated carbocycles. The summed E-state index contributed by atoms with van der Waals surface area (Å²) in [5.41, 5.74) is 0.974. The first-order valence-electron chi connectivity index (χ1n) is 6.80. The maximum atomic E-state index is 12.1.